The van der Waals surface area contributed by atoms with Gasteiger partial charge in [-0.2, -0.15) is 26.3 Å². The molecule has 0 bridgehead atoms. The van der Waals surface area contributed by atoms with Gasteiger partial charge in [0.2, 0.25) is 0 Å². The van der Waals surface area contributed by atoms with E-state index in [1.165, 1.54) is 12.1 Å². The standard InChI is InChI=1S/C34H20F6N2/c35-33(36,37)29-16-27(17-30(19-29)34(38,39)40)22-6-4-21(5-7-22)25-12-13-26-15-28(20-42-32(26)18-25)23-8-10-24(11-9-23)31-3-1-2-14-41-31/h1-20H. The van der Waals surface area contributed by atoms with Crippen molar-refractivity contribution in [3.8, 4) is 44.6 Å². The lowest BCUT2D eigenvalue weighted by Gasteiger charge is -2.14. The molecule has 0 saturated heterocycles. The first kappa shape index (κ1) is 27.2. The summed E-state index contributed by atoms with van der Waals surface area (Å²) >= 11 is 0. The molecule has 0 radical (unpaired) electrons. The first-order valence-electron chi connectivity index (χ1n) is 12.9. The lowest BCUT2D eigenvalue weighted by Crippen LogP contribution is -2.11. The van der Waals surface area contributed by atoms with E-state index >= 15 is 0 Å². The number of hydrogen-bond donors (Lipinski definition) is 0. The van der Waals surface area contributed by atoms with Gasteiger partial charge in [-0.1, -0.05) is 66.7 Å². The summed E-state index contributed by atoms with van der Waals surface area (Å²) in [5.74, 6) is 0. The number of rotatable bonds is 4. The smallest absolute Gasteiger partial charge is 0.256 e. The number of fused-ring (bicyclic) bond motifs is 1. The highest BCUT2D eigenvalue weighted by Crippen LogP contribution is 2.39. The molecule has 42 heavy (non-hydrogen) atoms. The van der Waals surface area contributed by atoms with Crippen LogP contribution in [0.4, 0.5) is 26.3 Å². The van der Waals surface area contributed by atoms with Gasteiger partial charge in [0.05, 0.1) is 22.3 Å². The average molecular weight is 571 g/mol. The molecule has 0 spiro atoms. The van der Waals surface area contributed by atoms with Gasteiger partial charge in [-0.3, -0.25) is 9.97 Å². The predicted molar refractivity (Wildman–Crippen MR) is 151 cm³/mol. The molecule has 0 amide bonds. The molecule has 6 rings (SSSR count). The first-order chi connectivity index (χ1) is 20.0. The largest absolute Gasteiger partial charge is 0.416 e. The van der Waals surface area contributed by atoms with E-state index in [4.69, 9.17) is 0 Å². The summed E-state index contributed by atoms with van der Waals surface area (Å²) in [6.07, 6.45) is -6.27. The maximum atomic E-state index is 13.3. The zero-order valence-electron chi connectivity index (χ0n) is 21.7. The number of benzene rings is 4. The lowest BCUT2D eigenvalue weighted by atomic mass is 9.96. The fourth-order valence-corrected chi connectivity index (χ4v) is 4.80. The highest BCUT2D eigenvalue weighted by atomic mass is 19.4. The summed E-state index contributed by atoms with van der Waals surface area (Å²) < 4.78 is 79.7. The van der Waals surface area contributed by atoms with Crippen molar-refractivity contribution in [3.05, 3.63) is 133 Å². The summed E-state index contributed by atoms with van der Waals surface area (Å²) in [6.45, 7) is 0. The van der Waals surface area contributed by atoms with Crippen LogP contribution < -0.4 is 0 Å². The molecule has 2 aromatic heterocycles. The predicted octanol–water partition coefficient (Wildman–Crippen LogP) is 10.3. The van der Waals surface area contributed by atoms with E-state index in [2.05, 4.69) is 9.97 Å². The monoisotopic (exact) mass is 570 g/mol. The Labute approximate surface area is 237 Å². The van der Waals surface area contributed by atoms with Gasteiger partial charge in [-0.15, -0.1) is 0 Å². The molecule has 6 aromatic rings. The minimum Gasteiger partial charge on any atom is -0.256 e. The lowest BCUT2D eigenvalue weighted by molar-refractivity contribution is -0.143. The average Bonchev–Trinajstić information content (AvgIpc) is 3.00. The van der Waals surface area contributed by atoms with Crippen LogP contribution in [0.3, 0.4) is 0 Å². The van der Waals surface area contributed by atoms with Gasteiger partial charge < -0.3 is 0 Å². The van der Waals surface area contributed by atoms with Gasteiger partial charge in [-0.25, -0.2) is 0 Å². The van der Waals surface area contributed by atoms with Crippen molar-refractivity contribution >= 4 is 10.9 Å². The quantitative estimate of drug-likeness (QED) is 0.197. The third-order valence-corrected chi connectivity index (χ3v) is 7.00. The fourth-order valence-electron chi connectivity index (χ4n) is 4.80. The molecule has 0 aliphatic rings. The van der Waals surface area contributed by atoms with Crippen LogP contribution in [0.5, 0.6) is 0 Å². The summed E-state index contributed by atoms with van der Waals surface area (Å²) in [4.78, 5) is 9.01. The molecule has 4 aromatic carbocycles. The van der Waals surface area contributed by atoms with E-state index in [1.807, 2.05) is 66.7 Å². The van der Waals surface area contributed by atoms with Crippen molar-refractivity contribution in [2.75, 3.05) is 0 Å². The van der Waals surface area contributed by atoms with Crippen molar-refractivity contribution in [2.45, 2.75) is 12.4 Å². The van der Waals surface area contributed by atoms with E-state index in [0.717, 1.165) is 56.5 Å². The van der Waals surface area contributed by atoms with E-state index in [1.54, 1.807) is 24.5 Å². The van der Waals surface area contributed by atoms with Crippen LogP contribution in [0.25, 0.3) is 55.5 Å². The highest BCUT2D eigenvalue weighted by Gasteiger charge is 2.37. The summed E-state index contributed by atoms with van der Waals surface area (Å²) in [7, 11) is 0. The first-order valence-corrected chi connectivity index (χ1v) is 12.9. The van der Waals surface area contributed by atoms with Crippen LogP contribution in [0, 0.1) is 0 Å². The van der Waals surface area contributed by atoms with E-state index in [0.29, 0.717) is 0 Å². The van der Waals surface area contributed by atoms with Crippen molar-refractivity contribution in [1.82, 2.24) is 9.97 Å². The second kappa shape index (κ2) is 10.4. The Hall–Kier alpha value is -4.98. The molecular formula is C34H20F6N2. The van der Waals surface area contributed by atoms with Crippen molar-refractivity contribution in [3.63, 3.8) is 0 Å². The molecule has 2 nitrogen and oxygen atoms in total. The Morgan fingerprint density at radius 1 is 0.429 bits per heavy atom. The SMILES string of the molecule is FC(F)(F)c1cc(-c2ccc(-c3ccc4cc(-c5ccc(-c6ccccn6)cc5)cnc4c3)cc2)cc(C(F)(F)F)c1. The molecule has 0 aliphatic heterocycles. The molecule has 8 heteroatoms. The van der Waals surface area contributed by atoms with Gasteiger partial charge in [-0.05, 0) is 70.3 Å². The van der Waals surface area contributed by atoms with Crippen molar-refractivity contribution in [1.29, 1.82) is 0 Å². The second-order valence-corrected chi connectivity index (χ2v) is 9.80. The number of alkyl halides is 6. The minimum atomic E-state index is -4.91. The molecule has 0 aliphatic carbocycles. The maximum absolute atomic E-state index is 13.3. The van der Waals surface area contributed by atoms with E-state index in [-0.39, 0.29) is 17.2 Å². The highest BCUT2D eigenvalue weighted by molar-refractivity contribution is 5.88. The minimum absolute atomic E-state index is 0.128. The third kappa shape index (κ3) is 5.61. The Morgan fingerprint density at radius 2 is 0.976 bits per heavy atom. The molecule has 0 atom stereocenters. The second-order valence-electron chi connectivity index (χ2n) is 9.80. The number of hydrogen-bond acceptors (Lipinski definition) is 2. The van der Waals surface area contributed by atoms with E-state index < -0.39 is 23.5 Å². The molecular weight excluding hydrogens is 550 g/mol. The number of halogens is 6. The van der Waals surface area contributed by atoms with Crippen molar-refractivity contribution < 1.29 is 26.3 Å². The molecule has 0 N–H and O–H groups in total. The van der Waals surface area contributed by atoms with Crippen LogP contribution in [0.1, 0.15) is 11.1 Å². The zero-order valence-corrected chi connectivity index (χ0v) is 21.7. The zero-order chi connectivity index (χ0) is 29.5. The van der Waals surface area contributed by atoms with Crippen LogP contribution in [0.15, 0.2) is 122 Å². The Balaban J connectivity index is 1.27. The fraction of sp³-hybridized carbons (Fsp3) is 0.0588. The van der Waals surface area contributed by atoms with Crippen LogP contribution in [0.2, 0.25) is 0 Å². The normalized spacial score (nSPS) is 12.0. The van der Waals surface area contributed by atoms with Gasteiger partial charge in [0.15, 0.2) is 0 Å². The molecule has 2 heterocycles. The Bertz CT molecular complexity index is 1840. The van der Waals surface area contributed by atoms with Gasteiger partial charge in [0, 0.05) is 28.9 Å². The molecule has 0 saturated carbocycles. The van der Waals surface area contributed by atoms with Gasteiger partial charge in [0.1, 0.15) is 0 Å². The van der Waals surface area contributed by atoms with E-state index in [9.17, 15) is 26.3 Å². The summed E-state index contributed by atoms with van der Waals surface area (Å²) in [5.41, 5.74) is 3.56. The number of nitrogens with zero attached hydrogens (tertiary/aromatic N) is 2. The summed E-state index contributed by atoms with van der Waals surface area (Å²) in [6, 6.07) is 29.5. The third-order valence-electron chi connectivity index (χ3n) is 7.00. The van der Waals surface area contributed by atoms with Crippen LogP contribution in [-0.2, 0) is 12.4 Å². The number of aromatic nitrogens is 2. The van der Waals surface area contributed by atoms with Crippen molar-refractivity contribution in [2.24, 2.45) is 0 Å². The van der Waals surface area contributed by atoms with Gasteiger partial charge >= 0.3 is 12.4 Å². The van der Waals surface area contributed by atoms with Gasteiger partial charge in [0.25, 0.3) is 0 Å². The molecule has 208 valence electrons. The number of pyridine rings is 2. The topological polar surface area (TPSA) is 25.8 Å². The molecule has 0 unspecified atom stereocenters. The maximum Gasteiger partial charge on any atom is 0.416 e. The van der Waals surface area contributed by atoms with Crippen LogP contribution in [-0.4, -0.2) is 9.97 Å². The Kier molecular flexibility index (Phi) is 6.77. The molecule has 0 fully saturated rings. The summed E-state index contributed by atoms with van der Waals surface area (Å²) in [5, 5.41) is 0.922. The van der Waals surface area contributed by atoms with Crippen LogP contribution >= 0.6 is 0 Å². The Morgan fingerprint density at radius 3 is 1.55 bits per heavy atom.